The Bertz CT molecular complexity index is 897. The molecule has 178 valence electrons. The number of aryl methyl sites for hydroxylation is 1. The Morgan fingerprint density at radius 2 is 1.84 bits per heavy atom. The van der Waals surface area contributed by atoms with Crippen molar-refractivity contribution in [3.8, 4) is 0 Å². The average Bonchev–Trinajstić information content (AvgIpc) is 2.74. The molecule has 1 aliphatic rings. The summed E-state index contributed by atoms with van der Waals surface area (Å²) in [5, 5.41) is 3.40. The predicted octanol–water partition coefficient (Wildman–Crippen LogP) is 3.20. The standard InChI is InChI=1S/C24H34N4O2.2ClH/c1-19-11-13-27(18-21-10-7-12-25-16-21)23(29)22(19)24(30)28(15-14-26(2)3)17-20-8-5-4-6-9-20;;/h4-6,8-9,11,13,21,25H,7,10,12,14-18H2,1-3H3;2*1H. The van der Waals surface area contributed by atoms with Crippen LogP contribution in [-0.2, 0) is 13.1 Å². The number of pyridine rings is 1. The zero-order chi connectivity index (χ0) is 21.5. The van der Waals surface area contributed by atoms with E-state index in [4.69, 9.17) is 0 Å². The van der Waals surface area contributed by atoms with E-state index in [1.165, 1.54) is 0 Å². The molecule has 0 saturated carbocycles. The lowest BCUT2D eigenvalue weighted by atomic mass is 9.99. The summed E-state index contributed by atoms with van der Waals surface area (Å²) in [6, 6.07) is 11.9. The first kappa shape index (κ1) is 28.2. The van der Waals surface area contributed by atoms with Crippen LogP contribution in [0.2, 0.25) is 0 Å². The number of nitrogens with zero attached hydrogens (tertiary/aromatic N) is 3. The van der Waals surface area contributed by atoms with E-state index in [1.54, 1.807) is 9.47 Å². The molecule has 0 aliphatic carbocycles. The van der Waals surface area contributed by atoms with E-state index in [2.05, 4.69) is 10.2 Å². The Hall–Kier alpha value is -1.86. The molecule has 0 radical (unpaired) electrons. The fraction of sp³-hybridized carbons (Fsp3) is 0.500. The monoisotopic (exact) mass is 482 g/mol. The third-order valence-electron chi connectivity index (χ3n) is 5.76. The Kier molecular flexibility index (Phi) is 12.0. The molecule has 6 nitrogen and oxygen atoms in total. The largest absolute Gasteiger partial charge is 0.333 e. The molecule has 0 bridgehead atoms. The number of benzene rings is 1. The molecule has 3 rings (SSSR count). The highest BCUT2D eigenvalue weighted by atomic mass is 35.5. The minimum absolute atomic E-state index is 0. The first-order valence-corrected chi connectivity index (χ1v) is 10.8. The van der Waals surface area contributed by atoms with Gasteiger partial charge in [0.2, 0.25) is 0 Å². The van der Waals surface area contributed by atoms with Crippen LogP contribution in [0.15, 0.2) is 47.4 Å². The van der Waals surface area contributed by atoms with Gasteiger partial charge in [0.15, 0.2) is 0 Å². The maximum Gasteiger partial charge on any atom is 0.263 e. The Morgan fingerprint density at radius 1 is 1.12 bits per heavy atom. The Balaban J connectivity index is 0.00000256. The van der Waals surface area contributed by atoms with Gasteiger partial charge >= 0.3 is 0 Å². The van der Waals surface area contributed by atoms with E-state index in [9.17, 15) is 9.59 Å². The van der Waals surface area contributed by atoms with Gasteiger partial charge in [-0.15, -0.1) is 24.8 Å². The maximum absolute atomic E-state index is 13.5. The van der Waals surface area contributed by atoms with Gasteiger partial charge < -0.3 is 19.7 Å². The molecular weight excluding hydrogens is 447 g/mol. The van der Waals surface area contributed by atoms with Crippen molar-refractivity contribution in [1.82, 2.24) is 19.7 Å². The number of hydrogen-bond acceptors (Lipinski definition) is 4. The SMILES string of the molecule is Cc1ccn(CC2CCCNC2)c(=O)c1C(=O)N(CCN(C)C)Cc1ccccc1.Cl.Cl. The van der Waals surface area contributed by atoms with Gasteiger partial charge in [0, 0.05) is 32.4 Å². The van der Waals surface area contributed by atoms with Crippen LogP contribution in [0.25, 0.3) is 0 Å². The van der Waals surface area contributed by atoms with Gasteiger partial charge in [-0.2, -0.15) is 0 Å². The molecule has 0 spiro atoms. The molecule has 1 N–H and O–H groups in total. The third-order valence-corrected chi connectivity index (χ3v) is 5.76. The van der Waals surface area contributed by atoms with Crippen LogP contribution in [0.1, 0.15) is 34.3 Å². The summed E-state index contributed by atoms with van der Waals surface area (Å²) in [6.45, 7) is 6.29. The van der Waals surface area contributed by atoms with Crippen LogP contribution < -0.4 is 10.9 Å². The van der Waals surface area contributed by atoms with Gasteiger partial charge in [0.25, 0.3) is 11.5 Å². The summed E-state index contributed by atoms with van der Waals surface area (Å²) in [5.74, 6) is 0.246. The molecule has 2 aromatic rings. The second-order valence-electron chi connectivity index (χ2n) is 8.56. The summed E-state index contributed by atoms with van der Waals surface area (Å²) in [5.41, 5.74) is 1.93. The first-order chi connectivity index (χ1) is 14.5. The molecule has 1 amide bonds. The van der Waals surface area contributed by atoms with Crippen molar-refractivity contribution in [1.29, 1.82) is 0 Å². The molecule has 2 heterocycles. The third kappa shape index (κ3) is 7.62. The number of likely N-dealkylation sites (N-methyl/N-ethyl adjacent to an activating group) is 1. The van der Waals surface area contributed by atoms with Gasteiger partial charge in [-0.1, -0.05) is 30.3 Å². The summed E-state index contributed by atoms with van der Waals surface area (Å²) >= 11 is 0. The van der Waals surface area contributed by atoms with E-state index in [1.807, 2.05) is 63.6 Å². The second kappa shape index (κ2) is 13.6. The minimum atomic E-state index is -0.181. The van der Waals surface area contributed by atoms with Crippen LogP contribution in [0.3, 0.4) is 0 Å². The number of aromatic nitrogens is 1. The van der Waals surface area contributed by atoms with Crippen molar-refractivity contribution in [3.05, 3.63) is 69.6 Å². The molecule has 1 saturated heterocycles. The number of nitrogens with one attached hydrogen (secondary N) is 1. The molecule has 1 aliphatic heterocycles. The van der Waals surface area contributed by atoms with Crippen molar-refractivity contribution in [2.45, 2.75) is 32.9 Å². The normalized spacial score (nSPS) is 15.6. The number of piperidine rings is 1. The highest BCUT2D eigenvalue weighted by Crippen LogP contribution is 2.14. The minimum Gasteiger partial charge on any atom is -0.333 e. The van der Waals surface area contributed by atoms with Crippen molar-refractivity contribution in [3.63, 3.8) is 0 Å². The zero-order valence-electron chi connectivity index (χ0n) is 19.3. The summed E-state index contributed by atoms with van der Waals surface area (Å²) in [4.78, 5) is 30.7. The lowest BCUT2D eigenvalue weighted by Gasteiger charge is -2.26. The lowest BCUT2D eigenvalue weighted by molar-refractivity contribution is 0.0728. The molecule has 1 aromatic carbocycles. The quantitative estimate of drug-likeness (QED) is 0.627. The summed E-state index contributed by atoms with van der Waals surface area (Å²) in [7, 11) is 3.98. The fourth-order valence-corrected chi connectivity index (χ4v) is 3.96. The van der Waals surface area contributed by atoms with E-state index >= 15 is 0 Å². The highest BCUT2D eigenvalue weighted by molar-refractivity contribution is 5.95. The Morgan fingerprint density at radius 3 is 2.47 bits per heavy atom. The molecule has 1 unspecified atom stereocenters. The fourth-order valence-electron chi connectivity index (χ4n) is 3.96. The molecule has 8 heteroatoms. The van der Waals surface area contributed by atoms with Crippen molar-refractivity contribution in [2.75, 3.05) is 40.3 Å². The molecule has 1 aromatic heterocycles. The first-order valence-electron chi connectivity index (χ1n) is 10.8. The zero-order valence-corrected chi connectivity index (χ0v) is 20.9. The van der Waals surface area contributed by atoms with E-state index in [0.717, 1.165) is 43.6 Å². The topological polar surface area (TPSA) is 57.6 Å². The van der Waals surface area contributed by atoms with Crippen molar-refractivity contribution in [2.24, 2.45) is 5.92 Å². The second-order valence-corrected chi connectivity index (χ2v) is 8.56. The van der Waals surface area contributed by atoms with E-state index < -0.39 is 0 Å². The predicted molar refractivity (Wildman–Crippen MR) is 135 cm³/mol. The number of carbonyl (C=O) groups is 1. The van der Waals surface area contributed by atoms with Gasteiger partial charge in [-0.05, 0) is 70.1 Å². The number of hydrogen-bond donors (Lipinski definition) is 1. The van der Waals surface area contributed by atoms with Crippen LogP contribution in [0, 0.1) is 12.8 Å². The van der Waals surface area contributed by atoms with Gasteiger partial charge in [0.05, 0.1) is 0 Å². The molecule has 1 fully saturated rings. The lowest BCUT2D eigenvalue weighted by Crippen LogP contribution is -2.41. The average molecular weight is 483 g/mol. The van der Waals surface area contributed by atoms with Crippen LogP contribution >= 0.6 is 24.8 Å². The van der Waals surface area contributed by atoms with Gasteiger partial charge in [0.1, 0.15) is 5.56 Å². The van der Waals surface area contributed by atoms with Crippen molar-refractivity contribution >= 4 is 30.7 Å². The van der Waals surface area contributed by atoms with Crippen LogP contribution in [-0.4, -0.2) is 60.5 Å². The van der Waals surface area contributed by atoms with Gasteiger partial charge in [-0.3, -0.25) is 9.59 Å². The molecule has 1 atom stereocenters. The maximum atomic E-state index is 13.5. The van der Waals surface area contributed by atoms with E-state index in [0.29, 0.717) is 31.1 Å². The van der Waals surface area contributed by atoms with Crippen LogP contribution in [0.4, 0.5) is 0 Å². The number of carbonyl (C=O) groups excluding carboxylic acids is 1. The molecular formula is C24H36Cl2N4O2. The number of amides is 1. The number of halogens is 2. The van der Waals surface area contributed by atoms with Crippen LogP contribution in [0.5, 0.6) is 0 Å². The summed E-state index contributed by atoms with van der Waals surface area (Å²) < 4.78 is 1.73. The summed E-state index contributed by atoms with van der Waals surface area (Å²) in [6.07, 6.45) is 4.08. The smallest absolute Gasteiger partial charge is 0.263 e. The van der Waals surface area contributed by atoms with Gasteiger partial charge in [-0.25, -0.2) is 0 Å². The highest BCUT2D eigenvalue weighted by Gasteiger charge is 2.23. The number of rotatable bonds is 8. The molecule has 32 heavy (non-hydrogen) atoms. The van der Waals surface area contributed by atoms with E-state index in [-0.39, 0.29) is 36.3 Å². The Labute approximate surface area is 203 Å². The van der Waals surface area contributed by atoms with Crippen molar-refractivity contribution < 1.29 is 4.79 Å².